The van der Waals surface area contributed by atoms with E-state index in [0.29, 0.717) is 13.0 Å². The van der Waals surface area contributed by atoms with Gasteiger partial charge in [0.05, 0.1) is 6.61 Å². The molecule has 0 fully saturated rings. The van der Waals surface area contributed by atoms with E-state index >= 15 is 0 Å². The highest BCUT2D eigenvalue weighted by molar-refractivity contribution is 5.69. The number of ether oxygens (including phenoxy) is 1. The number of hydrogen-bond donors (Lipinski definition) is 0. The molecule has 0 saturated heterocycles. The molecule has 0 spiro atoms. The Morgan fingerprint density at radius 1 is 0.773 bits per heavy atom. The van der Waals surface area contributed by atoms with E-state index < -0.39 is 0 Å². The number of carbonyl (C=O) groups excluding carboxylic acids is 1. The fraction of sp³-hybridized carbons (Fsp3) is 0.650. The van der Waals surface area contributed by atoms with Crippen LogP contribution in [0.2, 0.25) is 0 Å². The van der Waals surface area contributed by atoms with Crippen molar-refractivity contribution in [3.05, 3.63) is 36.5 Å². The number of esters is 1. The zero-order valence-electron chi connectivity index (χ0n) is 14.6. The van der Waals surface area contributed by atoms with Crippen molar-refractivity contribution >= 4 is 5.97 Å². The van der Waals surface area contributed by atoms with Gasteiger partial charge in [0, 0.05) is 6.42 Å². The van der Waals surface area contributed by atoms with Gasteiger partial charge < -0.3 is 4.74 Å². The lowest BCUT2D eigenvalue weighted by Crippen LogP contribution is -2.03. The van der Waals surface area contributed by atoms with Gasteiger partial charge in [0.25, 0.3) is 0 Å². The van der Waals surface area contributed by atoms with Crippen LogP contribution < -0.4 is 0 Å². The smallest absolute Gasteiger partial charge is 0.305 e. The third kappa shape index (κ3) is 16.7. The van der Waals surface area contributed by atoms with E-state index in [1.807, 2.05) is 6.92 Å². The van der Waals surface area contributed by atoms with Crippen LogP contribution in [0.25, 0.3) is 0 Å². The van der Waals surface area contributed by atoms with E-state index in [4.69, 9.17) is 4.74 Å². The third-order valence-corrected chi connectivity index (χ3v) is 3.39. The molecule has 0 atom stereocenters. The Labute approximate surface area is 137 Å². The van der Waals surface area contributed by atoms with E-state index in [2.05, 4.69) is 43.4 Å². The number of unbranched alkanes of at least 4 members (excludes halogenated alkanes) is 7. The van der Waals surface area contributed by atoms with Crippen molar-refractivity contribution in [1.82, 2.24) is 0 Å². The summed E-state index contributed by atoms with van der Waals surface area (Å²) in [6, 6.07) is 0. The predicted molar refractivity (Wildman–Crippen MR) is 95.9 cm³/mol. The lowest BCUT2D eigenvalue weighted by atomic mass is 10.1. The van der Waals surface area contributed by atoms with Gasteiger partial charge in [0.15, 0.2) is 0 Å². The first-order valence-electron chi connectivity index (χ1n) is 8.95. The molecule has 0 aliphatic heterocycles. The van der Waals surface area contributed by atoms with Gasteiger partial charge in [0.1, 0.15) is 0 Å². The van der Waals surface area contributed by atoms with Crippen LogP contribution in [0.5, 0.6) is 0 Å². The van der Waals surface area contributed by atoms with E-state index in [1.54, 1.807) is 0 Å². The maximum Gasteiger partial charge on any atom is 0.305 e. The second-order valence-corrected chi connectivity index (χ2v) is 5.49. The van der Waals surface area contributed by atoms with Gasteiger partial charge in [-0.3, -0.25) is 4.79 Å². The van der Waals surface area contributed by atoms with Crippen LogP contribution in [0.3, 0.4) is 0 Å². The summed E-state index contributed by atoms with van der Waals surface area (Å²) >= 11 is 0. The Bertz CT molecular complexity index is 327. The second-order valence-electron chi connectivity index (χ2n) is 5.49. The van der Waals surface area contributed by atoms with Crippen LogP contribution in [0.1, 0.15) is 78.1 Å². The monoisotopic (exact) mass is 306 g/mol. The Balaban J connectivity index is 3.31. The molecule has 0 unspecified atom stereocenters. The van der Waals surface area contributed by atoms with Gasteiger partial charge in [-0.25, -0.2) is 0 Å². The zero-order valence-corrected chi connectivity index (χ0v) is 14.6. The second kappa shape index (κ2) is 17.7. The molecule has 0 heterocycles. The molecular formula is C20H34O2. The molecule has 0 radical (unpaired) electrons. The molecule has 0 bridgehead atoms. The van der Waals surface area contributed by atoms with E-state index in [9.17, 15) is 4.79 Å². The largest absolute Gasteiger partial charge is 0.466 e. The van der Waals surface area contributed by atoms with Gasteiger partial charge in [0.2, 0.25) is 0 Å². The van der Waals surface area contributed by atoms with Crippen molar-refractivity contribution in [1.29, 1.82) is 0 Å². The number of rotatable bonds is 14. The molecule has 0 aromatic carbocycles. The minimum absolute atomic E-state index is 0.0547. The molecule has 0 aliphatic rings. The van der Waals surface area contributed by atoms with Crippen LogP contribution in [0.15, 0.2) is 36.5 Å². The topological polar surface area (TPSA) is 26.3 Å². The van der Waals surface area contributed by atoms with Gasteiger partial charge >= 0.3 is 5.97 Å². The summed E-state index contributed by atoms with van der Waals surface area (Å²) in [7, 11) is 0. The highest BCUT2D eigenvalue weighted by Crippen LogP contribution is 2.08. The Hall–Kier alpha value is -1.31. The summed E-state index contributed by atoms with van der Waals surface area (Å²) in [5.74, 6) is -0.0547. The van der Waals surface area contributed by atoms with Crippen molar-refractivity contribution in [2.75, 3.05) is 6.61 Å². The van der Waals surface area contributed by atoms with Crippen molar-refractivity contribution in [3.8, 4) is 0 Å². The number of hydrogen-bond acceptors (Lipinski definition) is 2. The van der Waals surface area contributed by atoms with Gasteiger partial charge in [-0.2, -0.15) is 0 Å². The molecule has 0 N–H and O–H groups in total. The minimum atomic E-state index is -0.0547. The summed E-state index contributed by atoms with van der Waals surface area (Å²) in [4.78, 5) is 11.1. The van der Waals surface area contributed by atoms with Crippen molar-refractivity contribution < 1.29 is 9.53 Å². The molecule has 2 nitrogen and oxygen atoms in total. The van der Waals surface area contributed by atoms with Gasteiger partial charge in [-0.15, -0.1) is 0 Å². The summed E-state index contributed by atoms with van der Waals surface area (Å²) < 4.78 is 4.90. The van der Waals surface area contributed by atoms with Crippen LogP contribution in [-0.2, 0) is 9.53 Å². The molecule has 0 saturated carbocycles. The molecule has 22 heavy (non-hydrogen) atoms. The number of allylic oxidation sites excluding steroid dienone is 6. The first-order valence-corrected chi connectivity index (χ1v) is 8.95. The molecule has 0 aromatic heterocycles. The quantitative estimate of drug-likeness (QED) is 0.219. The minimum Gasteiger partial charge on any atom is -0.466 e. The zero-order chi connectivity index (χ0) is 16.3. The summed E-state index contributed by atoms with van der Waals surface area (Å²) in [5, 5.41) is 0. The Morgan fingerprint density at radius 3 is 2.00 bits per heavy atom. The number of carbonyl (C=O) groups is 1. The summed E-state index contributed by atoms with van der Waals surface area (Å²) in [6.07, 6.45) is 24.1. The highest BCUT2D eigenvalue weighted by Gasteiger charge is 2.00. The maximum atomic E-state index is 11.1. The average Bonchev–Trinajstić information content (AvgIpc) is 2.51. The van der Waals surface area contributed by atoms with Crippen LogP contribution in [-0.4, -0.2) is 12.6 Å². The summed E-state index contributed by atoms with van der Waals surface area (Å²) in [5.41, 5.74) is 0. The molecule has 0 aliphatic carbocycles. The van der Waals surface area contributed by atoms with E-state index in [-0.39, 0.29) is 5.97 Å². The standard InChI is InChI=1S/C20H34O2/c1-3-5-6-7-8-9-10-11-12-13-14-15-16-17-18-19-20(21)22-4-2/h7-12H,3-6,13-19H2,1-2H3/b8-7-,10-9-,12-11+. The normalized spacial score (nSPS) is 11.9. The van der Waals surface area contributed by atoms with Crippen LogP contribution in [0.4, 0.5) is 0 Å². The first kappa shape index (κ1) is 20.7. The lowest BCUT2D eigenvalue weighted by molar-refractivity contribution is -0.143. The fourth-order valence-electron chi connectivity index (χ4n) is 2.09. The molecular weight excluding hydrogens is 272 g/mol. The summed E-state index contributed by atoms with van der Waals surface area (Å²) in [6.45, 7) is 4.56. The maximum absolute atomic E-state index is 11.1. The molecule has 0 amide bonds. The SMILES string of the molecule is CCCC\C=C/C=C\C=C\CCCCCCCC(=O)OCC. The van der Waals surface area contributed by atoms with Gasteiger partial charge in [-0.1, -0.05) is 75.5 Å². The fourth-order valence-corrected chi connectivity index (χ4v) is 2.09. The van der Waals surface area contributed by atoms with Crippen LogP contribution in [0, 0.1) is 0 Å². The third-order valence-electron chi connectivity index (χ3n) is 3.39. The average molecular weight is 306 g/mol. The molecule has 0 aromatic rings. The van der Waals surface area contributed by atoms with E-state index in [1.165, 1.54) is 38.5 Å². The Morgan fingerprint density at radius 2 is 1.36 bits per heavy atom. The highest BCUT2D eigenvalue weighted by atomic mass is 16.5. The van der Waals surface area contributed by atoms with Crippen LogP contribution >= 0.6 is 0 Å². The first-order chi connectivity index (χ1) is 10.8. The predicted octanol–water partition coefficient (Wildman–Crippen LogP) is 6.14. The molecule has 2 heteroatoms. The van der Waals surface area contributed by atoms with E-state index in [0.717, 1.165) is 19.3 Å². The Kier molecular flexibility index (Phi) is 16.7. The van der Waals surface area contributed by atoms with Gasteiger partial charge in [-0.05, 0) is 32.6 Å². The molecule has 0 rings (SSSR count). The lowest BCUT2D eigenvalue weighted by Gasteiger charge is -2.01. The van der Waals surface area contributed by atoms with Crippen molar-refractivity contribution in [2.24, 2.45) is 0 Å². The molecule has 126 valence electrons. The van der Waals surface area contributed by atoms with Crippen molar-refractivity contribution in [3.63, 3.8) is 0 Å². The van der Waals surface area contributed by atoms with Crippen molar-refractivity contribution in [2.45, 2.75) is 78.1 Å².